The molecule has 2 rings (SSSR count). The zero-order valence-corrected chi connectivity index (χ0v) is 15.2. The third-order valence-electron chi connectivity index (χ3n) is 3.13. The largest absolute Gasteiger partial charge is 0.323 e. The fourth-order valence-corrected chi connectivity index (χ4v) is 3.48. The van der Waals surface area contributed by atoms with Crippen LogP contribution in [0.5, 0.6) is 0 Å². The van der Waals surface area contributed by atoms with Gasteiger partial charge in [0.05, 0.1) is 17.6 Å². The van der Waals surface area contributed by atoms with Crippen LogP contribution in [0.4, 0.5) is 11.4 Å². The zero-order chi connectivity index (χ0) is 17.0. The van der Waals surface area contributed by atoms with E-state index in [0.717, 1.165) is 20.6 Å². The Labute approximate surface area is 144 Å². The number of carbonyl (C=O) groups excluding carboxylic acids is 1. The molecule has 2 aromatic carbocycles. The highest BCUT2D eigenvalue weighted by Gasteiger charge is 2.20. The Morgan fingerprint density at radius 3 is 2.39 bits per heavy atom. The number of aryl methyl sites for hydroxylation is 1. The van der Waals surface area contributed by atoms with Crippen molar-refractivity contribution < 1.29 is 13.2 Å². The van der Waals surface area contributed by atoms with Gasteiger partial charge in [-0.1, -0.05) is 24.3 Å². The quantitative estimate of drug-likeness (QED) is 0.843. The van der Waals surface area contributed by atoms with Crippen molar-refractivity contribution in [1.29, 1.82) is 0 Å². The van der Waals surface area contributed by atoms with Gasteiger partial charge in [-0.3, -0.25) is 9.10 Å². The monoisotopic (exact) mass is 396 g/mol. The number of hydrogen-bond acceptors (Lipinski definition) is 3. The number of carbonyl (C=O) groups is 1. The van der Waals surface area contributed by atoms with Crippen LogP contribution in [0.1, 0.15) is 5.56 Å². The van der Waals surface area contributed by atoms with Gasteiger partial charge >= 0.3 is 0 Å². The number of rotatable bonds is 5. The Morgan fingerprint density at radius 1 is 1.17 bits per heavy atom. The van der Waals surface area contributed by atoms with E-state index in [0.29, 0.717) is 11.4 Å². The molecule has 0 aromatic heterocycles. The van der Waals surface area contributed by atoms with E-state index in [1.54, 1.807) is 36.4 Å². The van der Waals surface area contributed by atoms with Crippen LogP contribution in [0.25, 0.3) is 0 Å². The number of nitrogens with zero attached hydrogens (tertiary/aromatic N) is 1. The van der Waals surface area contributed by atoms with Crippen LogP contribution in [0.2, 0.25) is 0 Å². The third kappa shape index (κ3) is 4.80. The van der Waals surface area contributed by atoms with Crippen LogP contribution in [-0.2, 0) is 14.8 Å². The SMILES string of the molecule is Cc1ccc(NC(=O)CN(c2ccccc2)S(C)(=O)=O)c(Br)c1. The maximum Gasteiger partial charge on any atom is 0.245 e. The van der Waals surface area contributed by atoms with Gasteiger partial charge in [0.15, 0.2) is 0 Å². The highest BCUT2D eigenvalue weighted by molar-refractivity contribution is 9.10. The van der Waals surface area contributed by atoms with Gasteiger partial charge in [0.2, 0.25) is 15.9 Å². The molecule has 7 heteroatoms. The van der Waals surface area contributed by atoms with Gasteiger partial charge < -0.3 is 5.32 Å². The molecule has 1 amide bonds. The van der Waals surface area contributed by atoms with Crippen LogP contribution >= 0.6 is 15.9 Å². The van der Waals surface area contributed by atoms with Gasteiger partial charge in [0, 0.05) is 4.47 Å². The topological polar surface area (TPSA) is 66.5 Å². The smallest absolute Gasteiger partial charge is 0.245 e. The van der Waals surface area contributed by atoms with Gasteiger partial charge in [-0.25, -0.2) is 8.42 Å². The lowest BCUT2D eigenvalue weighted by Crippen LogP contribution is -2.37. The van der Waals surface area contributed by atoms with Crippen LogP contribution in [0.15, 0.2) is 53.0 Å². The molecule has 5 nitrogen and oxygen atoms in total. The van der Waals surface area contributed by atoms with Gasteiger partial charge in [-0.15, -0.1) is 0 Å². The van der Waals surface area contributed by atoms with E-state index < -0.39 is 15.9 Å². The van der Waals surface area contributed by atoms with Gasteiger partial charge in [-0.2, -0.15) is 0 Å². The predicted molar refractivity (Wildman–Crippen MR) is 96.1 cm³/mol. The summed E-state index contributed by atoms with van der Waals surface area (Å²) in [6, 6.07) is 14.0. The summed E-state index contributed by atoms with van der Waals surface area (Å²) in [5.74, 6) is -0.413. The number of halogens is 1. The van der Waals surface area contributed by atoms with Gasteiger partial charge in [0.25, 0.3) is 0 Å². The molecule has 2 aromatic rings. The molecular formula is C16H17BrN2O3S. The Hall–Kier alpha value is -1.86. The average molecular weight is 397 g/mol. The number of benzene rings is 2. The van der Waals surface area contributed by atoms with E-state index in [-0.39, 0.29) is 6.54 Å². The highest BCUT2D eigenvalue weighted by Crippen LogP contribution is 2.24. The molecule has 0 aliphatic carbocycles. The van der Waals surface area contributed by atoms with E-state index in [9.17, 15) is 13.2 Å². The number of anilines is 2. The fraction of sp³-hybridized carbons (Fsp3) is 0.188. The first-order valence-corrected chi connectivity index (χ1v) is 9.50. The van der Waals surface area contributed by atoms with E-state index in [1.165, 1.54) is 0 Å². The van der Waals surface area contributed by atoms with Crippen molar-refractivity contribution in [2.75, 3.05) is 22.4 Å². The molecular weight excluding hydrogens is 380 g/mol. The molecule has 0 fully saturated rings. The standard InChI is InChI=1S/C16H17BrN2O3S/c1-12-8-9-15(14(17)10-12)18-16(20)11-19(23(2,21)22)13-6-4-3-5-7-13/h3-10H,11H2,1-2H3,(H,18,20). The molecule has 23 heavy (non-hydrogen) atoms. The summed E-state index contributed by atoms with van der Waals surface area (Å²) in [6.45, 7) is 1.65. The van der Waals surface area contributed by atoms with Crippen LogP contribution < -0.4 is 9.62 Å². The van der Waals surface area contributed by atoms with Crippen molar-refractivity contribution in [1.82, 2.24) is 0 Å². The van der Waals surface area contributed by atoms with Crippen LogP contribution in [-0.4, -0.2) is 27.1 Å². The lowest BCUT2D eigenvalue weighted by atomic mass is 10.2. The summed E-state index contributed by atoms with van der Waals surface area (Å²) >= 11 is 3.38. The first-order valence-electron chi connectivity index (χ1n) is 6.86. The average Bonchev–Trinajstić information content (AvgIpc) is 2.47. The van der Waals surface area contributed by atoms with Crippen LogP contribution in [0, 0.1) is 6.92 Å². The van der Waals surface area contributed by atoms with Gasteiger partial charge in [0.1, 0.15) is 6.54 Å². The molecule has 0 saturated carbocycles. The molecule has 0 spiro atoms. The summed E-state index contributed by atoms with van der Waals surface area (Å²) < 4.78 is 25.8. The second-order valence-electron chi connectivity index (χ2n) is 5.14. The van der Waals surface area contributed by atoms with Crippen molar-refractivity contribution in [3.8, 4) is 0 Å². The molecule has 0 radical (unpaired) electrons. The Morgan fingerprint density at radius 2 is 1.83 bits per heavy atom. The van der Waals surface area contributed by atoms with Crippen molar-refractivity contribution >= 4 is 43.2 Å². The second-order valence-corrected chi connectivity index (χ2v) is 7.90. The first-order chi connectivity index (χ1) is 10.8. The minimum Gasteiger partial charge on any atom is -0.323 e. The maximum absolute atomic E-state index is 12.2. The summed E-state index contributed by atoms with van der Waals surface area (Å²) in [6.07, 6.45) is 1.08. The summed E-state index contributed by atoms with van der Waals surface area (Å²) in [4.78, 5) is 12.2. The van der Waals surface area contributed by atoms with E-state index in [4.69, 9.17) is 0 Å². The molecule has 0 heterocycles. The molecule has 0 aliphatic rings. The number of hydrogen-bond donors (Lipinski definition) is 1. The Balaban J connectivity index is 2.19. The lowest BCUT2D eigenvalue weighted by molar-refractivity contribution is -0.114. The zero-order valence-electron chi connectivity index (χ0n) is 12.8. The molecule has 0 bridgehead atoms. The Kier molecular flexibility index (Phi) is 5.43. The van der Waals surface area contributed by atoms with E-state index in [2.05, 4.69) is 21.2 Å². The molecule has 0 atom stereocenters. The minimum absolute atomic E-state index is 0.289. The van der Waals surface area contributed by atoms with Gasteiger partial charge in [-0.05, 0) is 52.7 Å². The number of para-hydroxylation sites is 1. The normalized spacial score (nSPS) is 11.1. The predicted octanol–water partition coefficient (Wildman–Crippen LogP) is 3.16. The summed E-state index contributed by atoms with van der Waals surface area (Å²) in [7, 11) is -3.56. The number of nitrogens with one attached hydrogen (secondary N) is 1. The molecule has 1 N–H and O–H groups in total. The summed E-state index contributed by atoms with van der Waals surface area (Å²) in [5.41, 5.74) is 2.10. The third-order valence-corrected chi connectivity index (χ3v) is 4.93. The maximum atomic E-state index is 12.2. The minimum atomic E-state index is -3.56. The van der Waals surface area contributed by atoms with Crippen LogP contribution in [0.3, 0.4) is 0 Å². The lowest BCUT2D eigenvalue weighted by Gasteiger charge is -2.22. The molecule has 122 valence electrons. The molecule has 0 unspecified atom stereocenters. The highest BCUT2D eigenvalue weighted by atomic mass is 79.9. The van der Waals surface area contributed by atoms with E-state index >= 15 is 0 Å². The van der Waals surface area contributed by atoms with Crippen molar-refractivity contribution in [3.63, 3.8) is 0 Å². The van der Waals surface area contributed by atoms with Crippen molar-refractivity contribution in [3.05, 3.63) is 58.6 Å². The Bertz CT molecular complexity index is 807. The first kappa shape index (κ1) is 17.5. The molecule has 0 saturated heterocycles. The molecule has 0 aliphatic heterocycles. The summed E-state index contributed by atoms with van der Waals surface area (Å²) in [5, 5.41) is 2.72. The van der Waals surface area contributed by atoms with E-state index in [1.807, 2.05) is 19.1 Å². The van der Waals surface area contributed by atoms with Crippen molar-refractivity contribution in [2.45, 2.75) is 6.92 Å². The van der Waals surface area contributed by atoms with Crippen molar-refractivity contribution in [2.24, 2.45) is 0 Å². The second kappa shape index (κ2) is 7.14. The number of amides is 1. The fourth-order valence-electron chi connectivity index (χ4n) is 2.04. The number of sulfonamides is 1.